The van der Waals surface area contributed by atoms with Gasteiger partial charge < -0.3 is 34.9 Å². The summed E-state index contributed by atoms with van der Waals surface area (Å²) < 4.78 is 6.62. The number of carboxylic acids is 1. The zero-order valence-corrected chi connectivity index (χ0v) is 26.1. The number of rotatable bonds is 9. The Morgan fingerprint density at radius 1 is 0.694 bits per heavy atom. The number of carbonyl (C=O) groups is 1. The zero-order valence-electron chi connectivity index (χ0n) is 26.1. The largest absolute Gasteiger partial charge is 0.488 e. The molecule has 2 aliphatic rings. The van der Waals surface area contributed by atoms with E-state index in [1.807, 2.05) is 66.7 Å². The van der Waals surface area contributed by atoms with Crippen molar-refractivity contribution >= 4 is 58.6 Å². The predicted octanol–water partition coefficient (Wildman–Crippen LogP) is 4.13. The summed E-state index contributed by atoms with van der Waals surface area (Å²) in [5.41, 5.74) is 5.80. The van der Waals surface area contributed by atoms with Gasteiger partial charge in [0.15, 0.2) is 0 Å². The second-order valence-electron chi connectivity index (χ2n) is 11.7. The van der Waals surface area contributed by atoms with Crippen LogP contribution in [0.1, 0.15) is 21.5 Å². The van der Waals surface area contributed by atoms with Crippen LogP contribution in [-0.4, -0.2) is 45.4 Å². The van der Waals surface area contributed by atoms with Crippen LogP contribution in [0.4, 0.5) is 5.69 Å². The van der Waals surface area contributed by atoms with Gasteiger partial charge in [-0.25, -0.2) is 4.79 Å². The standard InChI is InChI=1S/C38H30B2N2O7/c43-38(44)30-10-4-3-9-29(30)36-31-18-15-27(42-22-25-8-2-6-12-34(25)40(47)48)20-35(31)49-37-28-17-14-26(19-23(28)13-16-32(36)37)41-21-24-7-1-5-11-33(24)39(45)46/h1-20,41,45-48H,21-22H2,(H,43,44)/b42-27+. The number of anilines is 1. The highest BCUT2D eigenvalue weighted by molar-refractivity contribution is 6.59. The number of carboxylic acid groups (broad SMARTS) is 1. The van der Waals surface area contributed by atoms with E-state index in [-0.39, 0.29) is 12.1 Å². The van der Waals surface area contributed by atoms with Crippen molar-refractivity contribution in [1.82, 2.24) is 0 Å². The van der Waals surface area contributed by atoms with E-state index >= 15 is 0 Å². The fourth-order valence-corrected chi connectivity index (χ4v) is 6.30. The molecule has 0 spiro atoms. The Kier molecular flexibility index (Phi) is 8.73. The van der Waals surface area contributed by atoms with E-state index in [2.05, 4.69) is 5.32 Å². The van der Waals surface area contributed by atoms with E-state index in [0.29, 0.717) is 50.9 Å². The third kappa shape index (κ3) is 6.31. The van der Waals surface area contributed by atoms with Crippen molar-refractivity contribution < 1.29 is 34.4 Å². The van der Waals surface area contributed by atoms with Gasteiger partial charge in [0.1, 0.15) is 11.3 Å². The lowest BCUT2D eigenvalue weighted by Crippen LogP contribution is -2.33. The molecule has 240 valence electrons. The van der Waals surface area contributed by atoms with Crippen molar-refractivity contribution in [3.05, 3.63) is 143 Å². The Labute approximate surface area is 281 Å². The molecule has 0 bridgehead atoms. The molecule has 0 atom stereocenters. The first-order valence-corrected chi connectivity index (χ1v) is 15.7. The fraction of sp³-hybridized carbons (Fsp3) is 0.0526. The van der Waals surface area contributed by atoms with Crippen molar-refractivity contribution in [1.29, 1.82) is 0 Å². The molecular weight excluding hydrogens is 618 g/mol. The van der Waals surface area contributed by atoms with Crippen LogP contribution in [0.2, 0.25) is 0 Å². The van der Waals surface area contributed by atoms with Gasteiger partial charge in [-0.1, -0.05) is 72.8 Å². The molecule has 0 amide bonds. The van der Waals surface area contributed by atoms with Gasteiger partial charge in [0.2, 0.25) is 0 Å². The van der Waals surface area contributed by atoms with Crippen LogP contribution in [-0.2, 0) is 13.1 Å². The first kappa shape index (κ1) is 31.9. The molecule has 6 N–H and O–H groups in total. The van der Waals surface area contributed by atoms with E-state index in [0.717, 1.165) is 33.0 Å². The van der Waals surface area contributed by atoms with Gasteiger partial charge in [0.25, 0.3) is 0 Å². The van der Waals surface area contributed by atoms with Gasteiger partial charge in [0.05, 0.1) is 17.5 Å². The Hall–Kier alpha value is -5.71. The van der Waals surface area contributed by atoms with Crippen molar-refractivity contribution in [2.45, 2.75) is 13.1 Å². The monoisotopic (exact) mass is 648 g/mol. The highest BCUT2D eigenvalue weighted by atomic mass is 16.4. The van der Waals surface area contributed by atoms with Crippen LogP contribution in [0, 0.1) is 0 Å². The predicted molar refractivity (Wildman–Crippen MR) is 192 cm³/mol. The summed E-state index contributed by atoms with van der Waals surface area (Å²) in [4.78, 5) is 17.1. The number of hydrogen-bond donors (Lipinski definition) is 6. The molecule has 1 aliphatic carbocycles. The summed E-state index contributed by atoms with van der Waals surface area (Å²) in [5.74, 6) is -0.533. The zero-order chi connectivity index (χ0) is 34.1. The molecule has 0 saturated heterocycles. The van der Waals surface area contributed by atoms with Crippen LogP contribution in [0.15, 0.2) is 131 Å². The van der Waals surface area contributed by atoms with Gasteiger partial charge >= 0.3 is 20.2 Å². The van der Waals surface area contributed by atoms with Crippen LogP contribution in [0.25, 0.3) is 44.2 Å². The molecule has 9 nitrogen and oxygen atoms in total. The van der Waals surface area contributed by atoms with Gasteiger partial charge in [-0.05, 0) is 75.5 Å². The summed E-state index contributed by atoms with van der Waals surface area (Å²) in [6, 6.07) is 36.3. The van der Waals surface area contributed by atoms with E-state index in [9.17, 15) is 30.0 Å². The molecule has 11 heteroatoms. The molecule has 0 aromatic heterocycles. The molecule has 7 rings (SSSR count). The van der Waals surface area contributed by atoms with E-state index in [4.69, 9.17) is 9.41 Å². The lowest BCUT2D eigenvalue weighted by Gasteiger charge is -2.18. The lowest BCUT2D eigenvalue weighted by molar-refractivity contribution is 0.0697. The van der Waals surface area contributed by atoms with E-state index in [1.165, 1.54) is 0 Å². The first-order valence-electron chi connectivity index (χ1n) is 15.7. The third-order valence-electron chi connectivity index (χ3n) is 8.69. The van der Waals surface area contributed by atoms with Crippen molar-refractivity contribution in [2.75, 3.05) is 5.32 Å². The average Bonchev–Trinajstić information content (AvgIpc) is 3.12. The Balaban J connectivity index is 1.37. The summed E-state index contributed by atoms with van der Waals surface area (Å²) in [5, 5.41) is 55.7. The van der Waals surface area contributed by atoms with Crippen LogP contribution in [0.3, 0.4) is 0 Å². The SMILES string of the molecule is O=C(O)c1ccccc1-c1c2cc/c(=N\Cc3ccccc3B(O)O)cc-2oc2c1ccc1cc(NCc3ccccc3B(O)O)ccc12. The summed E-state index contributed by atoms with van der Waals surface area (Å²) >= 11 is 0. The molecule has 0 radical (unpaired) electrons. The number of nitrogens with zero attached hydrogens (tertiary/aromatic N) is 1. The van der Waals surface area contributed by atoms with E-state index in [1.54, 1.807) is 54.6 Å². The molecule has 0 unspecified atom stereocenters. The number of benzene rings is 6. The quantitative estimate of drug-likeness (QED) is 0.0776. The normalized spacial score (nSPS) is 11.7. The minimum Gasteiger partial charge on any atom is -0.478 e. The summed E-state index contributed by atoms with van der Waals surface area (Å²) in [6.45, 7) is 0.591. The van der Waals surface area contributed by atoms with Gasteiger partial charge in [-0.15, -0.1) is 0 Å². The highest BCUT2D eigenvalue weighted by Gasteiger charge is 2.23. The molecule has 49 heavy (non-hydrogen) atoms. The molecule has 5 aromatic rings. The maximum atomic E-state index is 12.4. The smallest absolute Gasteiger partial charge is 0.478 e. The Morgan fingerprint density at radius 2 is 1.37 bits per heavy atom. The fourth-order valence-electron chi connectivity index (χ4n) is 6.30. The maximum Gasteiger partial charge on any atom is 0.488 e. The van der Waals surface area contributed by atoms with Crippen molar-refractivity contribution in [3.63, 3.8) is 0 Å². The van der Waals surface area contributed by atoms with Crippen LogP contribution >= 0.6 is 0 Å². The summed E-state index contributed by atoms with van der Waals surface area (Å²) in [7, 11) is -3.19. The van der Waals surface area contributed by atoms with Gasteiger partial charge in [0, 0.05) is 40.2 Å². The minimum atomic E-state index is -1.62. The molecular formula is C38H30B2N2O7. The molecule has 1 heterocycles. The molecule has 0 saturated carbocycles. The van der Waals surface area contributed by atoms with Crippen LogP contribution in [0.5, 0.6) is 0 Å². The summed E-state index contributed by atoms with van der Waals surface area (Å²) in [6.07, 6.45) is 0. The molecule has 1 aliphatic heterocycles. The number of nitrogens with one attached hydrogen (secondary N) is 1. The Bertz CT molecular complexity index is 2390. The van der Waals surface area contributed by atoms with Gasteiger partial charge in [-0.2, -0.15) is 0 Å². The third-order valence-corrected chi connectivity index (χ3v) is 8.69. The molecule has 0 fully saturated rings. The maximum absolute atomic E-state index is 12.4. The number of aromatic carboxylic acids is 1. The first-order chi connectivity index (χ1) is 23.8. The molecule has 5 aromatic carbocycles. The van der Waals surface area contributed by atoms with E-state index < -0.39 is 20.2 Å². The van der Waals surface area contributed by atoms with Crippen LogP contribution < -0.4 is 21.6 Å². The van der Waals surface area contributed by atoms with Gasteiger partial charge in [-0.3, -0.25) is 4.99 Å². The van der Waals surface area contributed by atoms with Crippen molar-refractivity contribution in [3.8, 4) is 22.5 Å². The minimum absolute atomic E-state index is 0.164. The lowest BCUT2D eigenvalue weighted by atomic mass is 9.77. The Morgan fingerprint density at radius 3 is 2.12 bits per heavy atom. The topological polar surface area (TPSA) is 156 Å². The van der Waals surface area contributed by atoms with Crippen molar-refractivity contribution in [2.24, 2.45) is 4.99 Å². The average molecular weight is 648 g/mol. The highest BCUT2D eigenvalue weighted by Crippen LogP contribution is 2.43. The second kappa shape index (κ2) is 13.4. The second-order valence-corrected chi connectivity index (χ2v) is 11.7. The number of hydrogen-bond acceptors (Lipinski definition) is 8. The number of fused-ring (bicyclic) bond motifs is 4.